The Morgan fingerprint density at radius 3 is 2.57 bits per heavy atom. The largest absolute Gasteiger partial charge is 0.433 e. The van der Waals surface area contributed by atoms with Crippen LogP contribution in [0.2, 0.25) is 5.02 Å². The van der Waals surface area contributed by atoms with Crippen LogP contribution in [0.25, 0.3) is 0 Å². The fourth-order valence-corrected chi connectivity index (χ4v) is 3.03. The normalized spacial score (nSPS) is 13.4. The standard InChI is InChI=1S/C12H17ClF2N2O3S/c1-3-16-8(2)7-17-21(18,19)9-4-5-11(10(13)6-9)20-12(14)15/h4-6,8,12,16-17H,3,7H2,1-2H3/t8-/m1/s1. The highest BCUT2D eigenvalue weighted by atomic mass is 35.5. The quantitative estimate of drug-likeness (QED) is 0.760. The highest BCUT2D eigenvalue weighted by Gasteiger charge is 2.18. The van der Waals surface area contributed by atoms with Crippen LogP contribution in [0, 0.1) is 0 Å². The Kier molecular flexibility index (Phi) is 6.79. The number of benzene rings is 1. The van der Waals surface area contributed by atoms with E-state index in [9.17, 15) is 17.2 Å². The van der Waals surface area contributed by atoms with Crippen molar-refractivity contribution in [2.75, 3.05) is 13.1 Å². The van der Waals surface area contributed by atoms with Gasteiger partial charge in [0.1, 0.15) is 5.75 Å². The molecule has 0 heterocycles. The van der Waals surface area contributed by atoms with Gasteiger partial charge in [-0.3, -0.25) is 0 Å². The molecular formula is C12H17ClF2N2O3S. The molecule has 21 heavy (non-hydrogen) atoms. The SMILES string of the molecule is CCN[C@H](C)CNS(=O)(=O)c1ccc(OC(F)F)c(Cl)c1. The fourth-order valence-electron chi connectivity index (χ4n) is 1.58. The molecule has 1 rings (SSSR count). The molecule has 0 aliphatic heterocycles. The number of ether oxygens (including phenoxy) is 1. The molecule has 0 amide bonds. The van der Waals surface area contributed by atoms with E-state index in [4.69, 9.17) is 11.6 Å². The van der Waals surface area contributed by atoms with Crippen molar-refractivity contribution >= 4 is 21.6 Å². The maximum absolute atomic E-state index is 12.1. The number of halogens is 3. The van der Waals surface area contributed by atoms with E-state index in [1.54, 1.807) is 0 Å². The molecule has 0 bridgehead atoms. The van der Waals surface area contributed by atoms with Crippen LogP contribution < -0.4 is 14.8 Å². The number of alkyl halides is 2. The third kappa shape index (κ3) is 5.74. The van der Waals surface area contributed by atoms with Gasteiger partial charge < -0.3 is 10.1 Å². The molecule has 0 spiro atoms. The van der Waals surface area contributed by atoms with Gasteiger partial charge in [0.25, 0.3) is 0 Å². The van der Waals surface area contributed by atoms with Gasteiger partial charge in [-0.25, -0.2) is 13.1 Å². The lowest BCUT2D eigenvalue weighted by atomic mass is 10.3. The van der Waals surface area contributed by atoms with Crippen molar-refractivity contribution in [1.29, 1.82) is 0 Å². The third-order valence-corrected chi connectivity index (χ3v) is 4.28. The van der Waals surface area contributed by atoms with E-state index in [-0.39, 0.29) is 28.3 Å². The summed E-state index contributed by atoms with van der Waals surface area (Å²) in [5.74, 6) is -0.272. The number of sulfonamides is 1. The second kappa shape index (κ2) is 7.88. The Labute approximate surface area is 127 Å². The van der Waals surface area contributed by atoms with E-state index in [0.717, 1.165) is 18.2 Å². The van der Waals surface area contributed by atoms with E-state index < -0.39 is 16.6 Å². The van der Waals surface area contributed by atoms with Gasteiger partial charge in [-0.05, 0) is 31.7 Å². The molecule has 120 valence electrons. The maximum atomic E-state index is 12.1. The minimum atomic E-state index is -3.76. The van der Waals surface area contributed by atoms with Crippen molar-refractivity contribution in [3.8, 4) is 5.75 Å². The molecule has 1 atom stereocenters. The van der Waals surface area contributed by atoms with Crippen LogP contribution in [0.4, 0.5) is 8.78 Å². The molecule has 1 aromatic carbocycles. The summed E-state index contributed by atoms with van der Waals surface area (Å²) in [7, 11) is -3.76. The third-order valence-electron chi connectivity index (χ3n) is 2.56. The molecule has 0 fully saturated rings. The van der Waals surface area contributed by atoms with Gasteiger partial charge in [0.05, 0.1) is 9.92 Å². The lowest BCUT2D eigenvalue weighted by molar-refractivity contribution is -0.0498. The zero-order chi connectivity index (χ0) is 16.0. The monoisotopic (exact) mass is 342 g/mol. The molecule has 1 aromatic rings. The number of rotatable bonds is 8. The Balaban J connectivity index is 2.82. The summed E-state index contributed by atoms with van der Waals surface area (Å²) < 4.78 is 54.8. The topological polar surface area (TPSA) is 67.4 Å². The lowest BCUT2D eigenvalue weighted by Crippen LogP contribution is -2.38. The summed E-state index contributed by atoms with van der Waals surface area (Å²) in [6, 6.07) is 3.28. The van der Waals surface area contributed by atoms with Crippen molar-refractivity contribution in [2.24, 2.45) is 0 Å². The first-order valence-corrected chi connectivity index (χ1v) is 8.09. The molecule has 0 aromatic heterocycles. The van der Waals surface area contributed by atoms with Crippen LogP contribution in [-0.2, 0) is 10.0 Å². The molecular weight excluding hydrogens is 326 g/mol. The fraction of sp³-hybridized carbons (Fsp3) is 0.500. The summed E-state index contributed by atoms with van der Waals surface area (Å²) in [4.78, 5) is -0.113. The van der Waals surface area contributed by atoms with E-state index in [1.807, 2.05) is 13.8 Å². The molecule has 0 radical (unpaired) electrons. The van der Waals surface area contributed by atoms with Gasteiger partial charge in [0.15, 0.2) is 0 Å². The van der Waals surface area contributed by atoms with Crippen molar-refractivity contribution in [3.05, 3.63) is 23.2 Å². The van der Waals surface area contributed by atoms with Crippen LogP contribution in [-0.4, -0.2) is 34.2 Å². The molecule has 9 heteroatoms. The summed E-state index contributed by atoms with van der Waals surface area (Å²) in [6.07, 6.45) is 0. The number of hydrogen-bond acceptors (Lipinski definition) is 4. The second-order valence-corrected chi connectivity index (χ2v) is 6.46. The first-order chi connectivity index (χ1) is 9.76. The van der Waals surface area contributed by atoms with Crippen LogP contribution >= 0.6 is 11.6 Å². The average Bonchev–Trinajstić information content (AvgIpc) is 2.39. The Hall–Kier alpha value is -0.960. The Morgan fingerprint density at radius 2 is 2.05 bits per heavy atom. The second-order valence-electron chi connectivity index (χ2n) is 4.28. The zero-order valence-electron chi connectivity index (χ0n) is 11.6. The number of hydrogen-bond donors (Lipinski definition) is 2. The average molecular weight is 343 g/mol. The number of nitrogens with one attached hydrogen (secondary N) is 2. The van der Waals surface area contributed by atoms with Crippen molar-refractivity contribution in [3.63, 3.8) is 0 Å². The molecule has 0 unspecified atom stereocenters. The first kappa shape index (κ1) is 18.1. The first-order valence-electron chi connectivity index (χ1n) is 6.23. The summed E-state index contributed by atoms with van der Waals surface area (Å²) >= 11 is 5.73. The van der Waals surface area contributed by atoms with Gasteiger partial charge in [0.2, 0.25) is 10.0 Å². The minimum Gasteiger partial charge on any atom is -0.433 e. The Morgan fingerprint density at radius 1 is 1.38 bits per heavy atom. The molecule has 0 aliphatic rings. The van der Waals surface area contributed by atoms with Gasteiger partial charge in [-0.15, -0.1) is 0 Å². The van der Waals surface area contributed by atoms with Crippen LogP contribution in [0.1, 0.15) is 13.8 Å². The summed E-state index contributed by atoms with van der Waals surface area (Å²) in [6.45, 7) is 1.63. The van der Waals surface area contributed by atoms with Crippen molar-refractivity contribution in [1.82, 2.24) is 10.0 Å². The van der Waals surface area contributed by atoms with E-state index in [0.29, 0.717) is 6.54 Å². The van der Waals surface area contributed by atoms with Crippen LogP contribution in [0.3, 0.4) is 0 Å². The van der Waals surface area contributed by atoms with Gasteiger partial charge in [-0.1, -0.05) is 18.5 Å². The molecule has 2 N–H and O–H groups in total. The molecule has 5 nitrogen and oxygen atoms in total. The van der Waals surface area contributed by atoms with Crippen LogP contribution in [0.15, 0.2) is 23.1 Å². The smallest absolute Gasteiger partial charge is 0.387 e. The summed E-state index contributed by atoms with van der Waals surface area (Å²) in [5, 5.41) is 2.86. The summed E-state index contributed by atoms with van der Waals surface area (Å²) in [5.41, 5.74) is 0. The van der Waals surface area contributed by atoms with Gasteiger partial charge in [-0.2, -0.15) is 8.78 Å². The highest BCUT2D eigenvalue weighted by Crippen LogP contribution is 2.28. The van der Waals surface area contributed by atoms with Gasteiger partial charge in [0, 0.05) is 12.6 Å². The molecule has 0 saturated carbocycles. The predicted octanol–water partition coefficient (Wildman–Crippen LogP) is 2.22. The van der Waals surface area contributed by atoms with Crippen molar-refractivity contribution in [2.45, 2.75) is 31.4 Å². The Bertz CT molecular complexity index is 570. The van der Waals surface area contributed by atoms with E-state index >= 15 is 0 Å². The zero-order valence-corrected chi connectivity index (χ0v) is 13.1. The predicted molar refractivity (Wildman–Crippen MR) is 76.4 cm³/mol. The van der Waals surface area contributed by atoms with Crippen LogP contribution in [0.5, 0.6) is 5.75 Å². The van der Waals surface area contributed by atoms with E-state index in [2.05, 4.69) is 14.8 Å². The highest BCUT2D eigenvalue weighted by molar-refractivity contribution is 7.89. The minimum absolute atomic E-state index is 0.0401. The van der Waals surface area contributed by atoms with E-state index in [1.165, 1.54) is 0 Å². The number of likely N-dealkylation sites (N-methyl/N-ethyl adjacent to an activating group) is 1. The lowest BCUT2D eigenvalue weighted by Gasteiger charge is -2.14. The van der Waals surface area contributed by atoms with Gasteiger partial charge >= 0.3 is 6.61 Å². The van der Waals surface area contributed by atoms with Crippen molar-refractivity contribution < 1.29 is 21.9 Å². The molecule has 0 saturated heterocycles. The maximum Gasteiger partial charge on any atom is 0.387 e. The molecule has 0 aliphatic carbocycles.